The van der Waals surface area contributed by atoms with Crippen molar-refractivity contribution in [2.24, 2.45) is 5.10 Å². The first-order valence-corrected chi connectivity index (χ1v) is 7.37. The van der Waals surface area contributed by atoms with Crippen molar-refractivity contribution in [2.45, 2.75) is 6.92 Å². The number of non-ortho nitro benzene ring substituents is 1. The molecule has 0 atom stereocenters. The van der Waals surface area contributed by atoms with Crippen LogP contribution in [0.2, 0.25) is 0 Å². The Kier molecular flexibility index (Phi) is 4.42. The summed E-state index contributed by atoms with van der Waals surface area (Å²) >= 11 is 0. The molecule has 0 amide bonds. The van der Waals surface area contributed by atoms with Gasteiger partial charge in [-0.1, -0.05) is 30.3 Å². The summed E-state index contributed by atoms with van der Waals surface area (Å²) in [6, 6.07) is 14.8. The lowest BCUT2D eigenvalue weighted by atomic mass is 10.2. The normalized spacial score (nSPS) is 10.9. The summed E-state index contributed by atoms with van der Waals surface area (Å²) in [6.45, 7) is 1.62. The van der Waals surface area contributed by atoms with Gasteiger partial charge in [-0.05, 0) is 24.6 Å². The predicted molar refractivity (Wildman–Crippen MR) is 92.6 cm³/mol. The molecular formula is C17H13N5O3. The molecule has 0 fully saturated rings. The third-order valence-electron chi connectivity index (χ3n) is 3.47. The van der Waals surface area contributed by atoms with Crippen LogP contribution in [0.1, 0.15) is 11.4 Å². The molecule has 3 aromatic rings. The predicted octanol–water partition coefficient (Wildman–Crippen LogP) is 2.40. The van der Waals surface area contributed by atoms with Crippen LogP contribution in [-0.4, -0.2) is 26.0 Å². The van der Waals surface area contributed by atoms with Crippen LogP contribution < -0.4 is 5.56 Å². The van der Waals surface area contributed by atoms with Crippen LogP contribution in [-0.2, 0) is 0 Å². The largest absolute Gasteiger partial charge is 0.301 e. The van der Waals surface area contributed by atoms with Crippen LogP contribution in [0.25, 0.3) is 11.3 Å². The van der Waals surface area contributed by atoms with Crippen molar-refractivity contribution in [1.82, 2.24) is 14.9 Å². The van der Waals surface area contributed by atoms with E-state index in [1.54, 1.807) is 43.3 Å². The molecule has 3 rings (SSSR count). The van der Waals surface area contributed by atoms with E-state index in [0.29, 0.717) is 17.0 Å². The quantitative estimate of drug-likeness (QED) is 0.414. The molecule has 0 aliphatic carbocycles. The summed E-state index contributed by atoms with van der Waals surface area (Å²) in [5.41, 5.74) is 1.07. The molecule has 0 aliphatic rings. The SMILES string of the molecule is Cc1nnc(-c2ccccc2)c(=O)n1/N=C\c1ccc([N+](=O)[O-])cc1. The third-order valence-corrected chi connectivity index (χ3v) is 3.47. The number of nitrogens with zero attached hydrogens (tertiary/aromatic N) is 5. The average molecular weight is 335 g/mol. The van der Waals surface area contributed by atoms with E-state index in [9.17, 15) is 14.9 Å². The van der Waals surface area contributed by atoms with Gasteiger partial charge in [0.1, 0.15) is 0 Å². The lowest BCUT2D eigenvalue weighted by Gasteiger charge is -2.05. The summed E-state index contributed by atoms with van der Waals surface area (Å²) in [7, 11) is 0. The molecule has 0 spiro atoms. The maximum atomic E-state index is 12.6. The highest BCUT2D eigenvalue weighted by molar-refractivity contribution is 5.79. The van der Waals surface area contributed by atoms with Gasteiger partial charge in [0.15, 0.2) is 11.5 Å². The first-order chi connectivity index (χ1) is 12.1. The minimum atomic E-state index is -0.478. The number of hydrogen-bond donors (Lipinski definition) is 0. The lowest BCUT2D eigenvalue weighted by molar-refractivity contribution is -0.384. The Hall–Kier alpha value is -3.68. The second-order valence-corrected chi connectivity index (χ2v) is 5.17. The van der Waals surface area contributed by atoms with Crippen molar-refractivity contribution in [2.75, 3.05) is 0 Å². The molecule has 2 aromatic carbocycles. The van der Waals surface area contributed by atoms with Crippen molar-refractivity contribution in [3.05, 3.63) is 86.5 Å². The molecule has 0 radical (unpaired) electrons. The van der Waals surface area contributed by atoms with Crippen molar-refractivity contribution in [3.8, 4) is 11.3 Å². The van der Waals surface area contributed by atoms with Gasteiger partial charge in [-0.2, -0.15) is 9.78 Å². The Labute approximate surface area is 142 Å². The van der Waals surface area contributed by atoms with E-state index in [-0.39, 0.29) is 11.4 Å². The van der Waals surface area contributed by atoms with E-state index >= 15 is 0 Å². The minimum Gasteiger partial charge on any atom is -0.265 e. The molecule has 0 bridgehead atoms. The summed E-state index contributed by atoms with van der Waals surface area (Å²) < 4.78 is 1.15. The van der Waals surface area contributed by atoms with Gasteiger partial charge in [0, 0.05) is 17.7 Å². The van der Waals surface area contributed by atoms with Crippen molar-refractivity contribution >= 4 is 11.9 Å². The van der Waals surface area contributed by atoms with Crippen LogP contribution in [0.3, 0.4) is 0 Å². The zero-order valence-corrected chi connectivity index (χ0v) is 13.2. The number of aryl methyl sites for hydroxylation is 1. The van der Waals surface area contributed by atoms with E-state index in [1.165, 1.54) is 18.3 Å². The molecule has 8 heteroatoms. The van der Waals surface area contributed by atoms with Gasteiger partial charge in [-0.3, -0.25) is 14.9 Å². The van der Waals surface area contributed by atoms with Gasteiger partial charge in [-0.25, -0.2) is 0 Å². The first kappa shape index (κ1) is 16.2. The molecule has 0 saturated carbocycles. The highest BCUT2D eigenvalue weighted by atomic mass is 16.6. The molecule has 0 aliphatic heterocycles. The smallest absolute Gasteiger partial charge is 0.265 e. The highest BCUT2D eigenvalue weighted by Gasteiger charge is 2.10. The van der Waals surface area contributed by atoms with Crippen molar-refractivity contribution < 1.29 is 4.92 Å². The van der Waals surface area contributed by atoms with Crippen LogP contribution in [0, 0.1) is 17.0 Å². The fourth-order valence-electron chi connectivity index (χ4n) is 2.17. The average Bonchev–Trinajstić information content (AvgIpc) is 2.63. The first-order valence-electron chi connectivity index (χ1n) is 7.37. The Morgan fingerprint density at radius 2 is 1.76 bits per heavy atom. The van der Waals surface area contributed by atoms with Gasteiger partial charge in [0.25, 0.3) is 5.69 Å². The number of nitro groups is 1. The van der Waals surface area contributed by atoms with Gasteiger partial charge in [0.05, 0.1) is 11.1 Å². The topological polar surface area (TPSA) is 103 Å². The van der Waals surface area contributed by atoms with E-state index in [0.717, 1.165) is 4.68 Å². The molecule has 1 aromatic heterocycles. The number of aromatic nitrogens is 3. The zero-order valence-electron chi connectivity index (χ0n) is 13.2. The molecule has 0 saturated heterocycles. The van der Waals surface area contributed by atoms with Crippen LogP contribution in [0.4, 0.5) is 5.69 Å². The second-order valence-electron chi connectivity index (χ2n) is 5.17. The summed E-state index contributed by atoms with van der Waals surface area (Å²) in [5, 5.41) is 22.7. The van der Waals surface area contributed by atoms with Gasteiger partial charge in [0.2, 0.25) is 0 Å². The second kappa shape index (κ2) is 6.83. The maximum Gasteiger partial charge on any atom is 0.301 e. The van der Waals surface area contributed by atoms with Crippen LogP contribution in [0.15, 0.2) is 64.5 Å². The molecule has 25 heavy (non-hydrogen) atoms. The molecular weight excluding hydrogens is 322 g/mol. The lowest BCUT2D eigenvalue weighted by Crippen LogP contribution is -2.23. The van der Waals surface area contributed by atoms with Gasteiger partial charge in [-0.15, -0.1) is 10.2 Å². The fourth-order valence-corrected chi connectivity index (χ4v) is 2.17. The van der Waals surface area contributed by atoms with Crippen molar-refractivity contribution in [3.63, 3.8) is 0 Å². The number of rotatable bonds is 4. The molecule has 124 valence electrons. The molecule has 8 nitrogen and oxygen atoms in total. The Morgan fingerprint density at radius 3 is 2.40 bits per heavy atom. The minimum absolute atomic E-state index is 0.0116. The number of hydrogen-bond acceptors (Lipinski definition) is 6. The summed E-state index contributed by atoms with van der Waals surface area (Å²) in [4.78, 5) is 22.8. The van der Waals surface area contributed by atoms with Gasteiger partial charge >= 0.3 is 5.56 Å². The number of benzene rings is 2. The Bertz CT molecular complexity index is 995. The van der Waals surface area contributed by atoms with E-state index in [1.807, 2.05) is 6.07 Å². The highest BCUT2D eigenvalue weighted by Crippen LogP contribution is 2.12. The van der Waals surface area contributed by atoms with Crippen LogP contribution in [0.5, 0.6) is 0 Å². The maximum absolute atomic E-state index is 12.6. The Balaban J connectivity index is 1.97. The molecule has 0 unspecified atom stereocenters. The van der Waals surface area contributed by atoms with Gasteiger partial charge < -0.3 is 0 Å². The zero-order chi connectivity index (χ0) is 17.8. The molecule has 0 N–H and O–H groups in total. The monoisotopic (exact) mass is 335 g/mol. The van der Waals surface area contributed by atoms with E-state index in [4.69, 9.17) is 0 Å². The fraction of sp³-hybridized carbons (Fsp3) is 0.0588. The summed E-state index contributed by atoms with van der Waals surface area (Å²) in [6.07, 6.45) is 1.44. The van der Waals surface area contributed by atoms with Crippen LogP contribution >= 0.6 is 0 Å². The van der Waals surface area contributed by atoms with E-state index < -0.39 is 10.5 Å². The Morgan fingerprint density at radius 1 is 1.08 bits per heavy atom. The number of nitro benzene ring substituents is 1. The molecule has 1 heterocycles. The van der Waals surface area contributed by atoms with Crippen molar-refractivity contribution in [1.29, 1.82) is 0 Å². The summed E-state index contributed by atoms with van der Waals surface area (Å²) in [5.74, 6) is 0.336. The third kappa shape index (κ3) is 3.47. The standard InChI is InChI=1S/C17H13N5O3/c1-12-19-20-16(14-5-3-2-4-6-14)17(23)21(12)18-11-13-7-9-15(10-8-13)22(24)25/h2-11H,1H3/b18-11-. The van der Waals surface area contributed by atoms with E-state index in [2.05, 4.69) is 15.3 Å².